The predicted molar refractivity (Wildman–Crippen MR) is 122 cm³/mol. The van der Waals surface area contributed by atoms with E-state index >= 15 is 0 Å². The lowest BCUT2D eigenvalue weighted by Crippen LogP contribution is -2.50. The average Bonchev–Trinajstić information content (AvgIpc) is 2.65. The summed E-state index contributed by atoms with van der Waals surface area (Å²) in [6, 6.07) is 12.1. The molecule has 0 saturated carbocycles. The number of carbonyl (C=O) groups is 2. The summed E-state index contributed by atoms with van der Waals surface area (Å²) in [4.78, 5) is 27.0. The largest absolute Gasteiger partial charge is 0.482 e. The van der Waals surface area contributed by atoms with Crippen LogP contribution in [0.4, 0.5) is 0 Å². The van der Waals surface area contributed by atoms with Gasteiger partial charge < -0.3 is 15.0 Å². The maximum atomic E-state index is 13.0. The van der Waals surface area contributed by atoms with E-state index in [1.165, 1.54) is 4.90 Å². The number of amides is 2. The zero-order valence-corrected chi connectivity index (χ0v) is 20.3. The first-order valence-corrected chi connectivity index (χ1v) is 11.1. The Bertz CT molecular complexity index is 860. The van der Waals surface area contributed by atoms with Gasteiger partial charge in [0.1, 0.15) is 11.8 Å². The molecule has 2 aromatic rings. The first-order chi connectivity index (χ1) is 13.7. The summed E-state index contributed by atoms with van der Waals surface area (Å²) >= 11 is 12.9. The van der Waals surface area contributed by atoms with E-state index in [2.05, 4.69) is 37.2 Å². The van der Waals surface area contributed by atoms with E-state index < -0.39 is 6.04 Å². The highest BCUT2D eigenvalue weighted by atomic mass is 79.9. The number of benzene rings is 2. The maximum absolute atomic E-state index is 13.0. The van der Waals surface area contributed by atoms with Gasteiger partial charge in [-0.15, -0.1) is 0 Å². The molecule has 156 valence electrons. The van der Waals surface area contributed by atoms with Crippen LogP contribution in [0.25, 0.3) is 0 Å². The van der Waals surface area contributed by atoms with E-state index in [9.17, 15) is 9.59 Å². The minimum absolute atomic E-state index is 0.0209. The lowest BCUT2D eigenvalue weighted by molar-refractivity contribution is -0.142. The number of ether oxygens (including phenoxy) is 1. The van der Waals surface area contributed by atoms with Crippen molar-refractivity contribution in [3.63, 3.8) is 0 Å². The molecule has 2 aromatic carbocycles. The van der Waals surface area contributed by atoms with Crippen LogP contribution < -0.4 is 10.1 Å². The van der Waals surface area contributed by atoms with E-state index in [-0.39, 0.29) is 31.0 Å². The van der Waals surface area contributed by atoms with Crippen molar-refractivity contribution in [2.45, 2.75) is 39.4 Å². The topological polar surface area (TPSA) is 58.6 Å². The fourth-order valence-electron chi connectivity index (χ4n) is 2.59. The Morgan fingerprint density at radius 1 is 1.07 bits per heavy atom. The van der Waals surface area contributed by atoms with Gasteiger partial charge in [0, 0.05) is 21.5 Å². The number of hydrogen-bond acceptors (Lipinski definition) is 3. The Hall–Kier alpha value is -1.57. The molecular weight excluding hydrogens is 524 g/mol. The second kappa shape index (κ2) is 11.0. The molecule has 0 fully saturated rings. The summed E-state index contributed by atoms with van der Waals surface area (Å²) in [6.07, 6.45) is 0. The molecular formula is C21H23Br2ClN2O3. The summed E-state index contributed by atoms with van der Waals surface area (Å²) in [5.74, 6) is -0.114. The third-order valence-corrected chi connectivity index (χ3v) is 5.43. The summed E-state index contributed by atoms with van der Waals surface area (Å²) < 4.78 is 7.38. The number of nitrogens with one attached hydrogen (secondary N) is 1. The Morgan fingerprint density at radius 3 is 2.28 bits per heavy atom. The standard InChI is InChI=1S/C21H23Br2ClN2O3/c1-13(2)25-21(28)14(3)26(11-15-4-6-16(22)7-5-15)20(27)12-29-19-9-8-17(23)10-18(19)24/h4-10,13-14H,11-12H2,1-3H3,(H,25,28)/t14-/m1/s1. The summed E-state index contributed by atoms with van der Waals surface area (Å²) in [5, 5.41) is 3.25. The van der Waals surface area contributed by atoms with Crippen LogP contribution in [0.2, 0.25) is 5.02 Å². The van der Waals surface area contributed by atoms with Crippen molar-refractivity contribution in [3.8, 4) is 5.75 Å². The lowest BCUT2D eigenvalue weighted by Gasteiger charge is -2.29. The minimum Gasteiger partial charge on any atom is -0.482 e. The molecule has 0 aliphatic carbocycles. The van der Waals surface area contributed by atoms with Crippen LogP contribution in [0.5, 0.6) is 5.75 Å². The zero-order chi connectivity index (χ0) is 21.6. The number of carbonyl (C=O) groups excluding carboxylic acids is 2. The maximum Gasteiger partial charge on any atom is 0.261 e. The van der Waals surface area contributed by atoms with Crippen molar-refractivity contribution in [3.05, 3.63) is 62.0 Å². The molecule has 0 spiro atoms. The quantitative estimate of drug-likeness (QED) is 0.496. The van der Waals surface area contributed by atoms with Crippen molar-refractivity contribution < 1.29 is 14.3 Å². The van der Waals surface area contributed by atoms with Crippen molar-refractivity contribution in [1.29, 1.82) is 0 Å². The Labute approximate surface area is 193 Å². The third-order valence-electron chi connectivity index (χ3n) is 4.11. The van der Waals surface area contributed by atoms with Crippen LogP contribution in [0, 0.1) is 0 Å². The summed E-state index contributed by atoms with van der Waals surface area (Å²) in [7, 11) is 0. The van der Waals surface area contributed by atoms with Gasteiger partial charge in [-0.25, -0.2) is 0 Å². The van der Waals surface area contributed by atoms with E-state index in [1.54, 1.807) is 25.1 Å². The fraction of sp³-hybridized carbons (Fsp3) is 0.333. The van der Waals surface area contributed by atoms with Crippen LogP contribution in [-0.2, 0) is 16.1 Å². The van der Waals surface area contributed by atoms with Crippen LogP contribution in [0.1, 0.15) is 26.3 Å². The first-order valence-electron chi connectivity index (χ1n) is 9.09. The number of halogens is 3. The van der Waals surface area contributed by atoms with Crippen molar-refractivity contribution in [2.75, 3.05) is 6.61 Å². The second-order valence-corrected chi connectivity index (χ2v) is 9.09. The SMILES string of the molecule is CC(C)NC(=O)[C@@H](C)N(Cc1ccc(Br)cc1)C(=O)COc1ccc(Br)cc1Cl. The molecule has 0 aliphatic heterocycles. The van der Waals surface area contributed by atoms with Crippen molar-refractivity contribution in [2.24, 2.45) is 0 Å². The molecule has 1 N–H and O–H groups in total. The highest BCUT2D eigenvalue weighted by Crippen LogP contribution is 2.27. The summed E-state index contributed by atoms with van der Waals surface area (Å²) in [5.41, 5.74) is 0.910. The molecule has 8 heteroatoms. The second-order valence-electron chi connectivity index (χ2n) is 6.85. The fourth-order valence-corrected chi connectivity index (χ4v) is 3.58. The van der Waals surface area contributed by atoms with E-state index in [4.69, 9.17) is 16.3 Å². The molecule has 1 atom stereocenters. The molecule has 0 heterocycles. The first kappa shape index (κ1) is 23.7. The zero-order valence-electron chi connectivity index (χ0n) is 16.4. The number of hydrogen-bond donors (Lipinski definition) is 1. The van der Waals surface area contributed by atoms with Gasteiger partial charge in [0.25, 0.3) is 5.91 Å². The van der Waals surface area contributed by atoms with Gasteiger partial charge in [-0.05, 0) is 56.7 Å². The molecule has 29 heavy (non-hydrogen) atoms. The predicted octanol–water partition coefficient (Wildman–Crippen LogP) is 5.19. The Balaban J connectivity index is 2.16. The molecule has 0 bridgehead atoms. The van der Waals surface area contributed by atoms with Crippen LogP contribution in [0.15, 0.2) is 51.4 Å². The van der Waals surface area contributed by atoms with Crippen LogP contribution in [-0.4, -0.2) is 35.4 Å². The van der Waals surface area contributed by atoms with Crippen LogP contribution >= 0.6 is 43.5 Å². The average molecular weight is 547 g/mol. The molecule has 0 radical (unpaired) electrons. The van der Waals surface area contributed by atoms with Gasteiger partial charge in [-0.1, -0.05) is 55.6 Å². The van der Waals surface area contributed by atoms with Crippen LogP contribution in [0.3, 0.4) is 0 Å². The van der Waals surface area contributed by atoms with Gasteiger partial charge in [0.15, 0.2) is 6.61 Å². The van der Waals surface area contributed by atoms with Crippen molar-refractivity contribution in [1.82, 2.24) is 10.2 Å². The number of rotatable bonds is 8. The monoisotopic (exact) mass is 544 g/mol. The smallest absolute Gasteiger partial charge is 0.261 e. The molecule has 2 rings (SSSR count). The van der Waals surface area contributed by atoms with Crippen molar-refractivity contribution >= 4 is 55.3 Å². The van der Waals surface area contributed by atoms with Gasteiger partial charge in [-0.2, -0.15) is 0 Å². The highest BCUT2D eigenvalue weighted by Gasteiger charge is 2.27. The minimum atomic E-state index is -0.655. The van der Waals surface area contributed by atoms with E-state index in [1.807, 2.05) is 38.1 Å². The Morgan fingerprint density at radius 2 is 1.69 bits per heavy atom. The van der Waals surface area contributed by atoms with Gasteiger partial charge >= 0.3 is 0 Å². The Kier molecular flexibility index (Phi) is 8.99. The van der Waals surface area contributed by atoms with E-state index in [0.29, 0.717) is 10.8 Å². The third kappa shape index (κ3) is 7.32. The molecule has 0 aromatic heterocycles. The molecule has 5 nitrogen and oxygen atoms in total. The lowest BCUT2D eigenvalue weighted by atomic mass is 10.1. The molecule has 0 saturated heterocycles. The van der Waals surface area contributed by atoms with Gasteiger partial charge in [0.05, 0.1) is 5.02 Å². The van der Waals surface area contributed by atoms with Gasteiger partial charge in [0.2, 0.25) is 5.91 Å². The highest BCUT2D eigenvalue weighted by molar-refractivity contribution is 9.10. The van der Waals surface area contributed by atoms with E-state index in [0.717, 1.165) is 14.5 Å². The van der Waals surface area contributed by atoms with Gasteiger partial charge in [-0.3, -0.25) is 9.59 Å². The number of nitrogens with zero attached hydrogens (tertiary/aromatic N) is 1. The molecule has 2 amide bonds. The summed E-state index contributed by atoms with van der Waals surface area (Å²) in [6.45, 7) is 5.53. The molecule has 0 aliphatic rings. The normalized spacial score (nSPS) is 11.8. The molecule has 0 unspecified atom stereocenters.